The van der Waals surface area contributed by atoms with Crippen LogP contribution in [0.5, 0.6) is 5.75 Å². The van der Waals surface area contributed by atoms with E-state index in [0.717, 1.165) is 55.1 Å². The molecule has 0 amide bonds. The van der Waals surface area contributed by atoms with Crippen LogP contribution in [0.25, 0.3) is 33.1 Å². The van der Waals surface area contributed by atoms with Crippen molar-refractivity contribution < 1.29 is 13.9 Å². The van der Waals surface area contributed by atoms with Crippen LogP contribution in [0.4, 0.5) is 5.82 Å². The summed E-state index contributed by atoms with van der Waals surface area (Å²) in [5.74, 6) is 1.88. The van der Waals surface area contributed by atoms with Gasteiger partial charge in [-0.15, -0.1) is 0 Å². The fraction of sp³-hybridized carbons (Fsp3) is 0.286. The zero-order chi connectivity index (χ0) is 25.9. The molecule has 194 valence electrons. The lowest BCUT2D eigenvalue weighted by Crippen LogP contribution is -2.38. The van der Waals surface area contributed by atoms with Crippen LogP contribution in [0.2, 0.25) is 0 Å². The van der Waals surface area contributed by atoms with Crippen LogP contribution >= 0.6 is 0 Å². The maximum atomic E-state index is 12.9. The van der Waals surface area contributed by atoms with Crippen molar-refractivity contribution in [3.05, 3.63) is 77.4 Å². The maximum Gasteiger partial charge on any atom is 0.343 e. The minimum absolute atomic E-state index is 0.381. The van der Waals surface area contributed by atoms with Crippen LogP contribution in [0.15, 0.2) is 70.4 Å². The topological polar surface area (TPSA) is 118 Å². The summed E-state index contributed by atoms with van der Waals surface area (Å²) >= 11 is 0. The molecule has 38 heavy (non-hydrogen) atoms. The SMILES string of the molecule is CC(Nc1ncnc2nc[nH]c12)c1oc(=O)c2ccccc2c1-c1ccc(OCCN2CCOCC2)cc1. The van der Waals surface area contributed by atoms with Crippen LogP contribution in [0.3, 0.4) is 0 Å². The van der Waals surface area contributed by atoms with Crippen LogP contribution in [0.1, 0.15) is 18.7 Å². The first-order valence-corrected chi connectivity index (χ1v) is 12.7. The molecule has 4 heterocycles. The molecule has 2 N–H and O–H groups in total. The lowest BCUT2D eigenvalue weighted by atomic mass is 9.96. The molecule has 5 aromatic rings. The lowest BCUT2D eigenvalue weighted by molar-refractivity contribution is 0.0322. The largest absolute Gasteiger partial charge is 0.492 e. The van der Waals surface area contributed by atoms with Gasteiger partial charge in [0, 0.05) is 30.6 Å². The fourth-order valence-corrected chi connectivity index (χ4v) is 4.80. The van der Waals surface area contributed by atoms with Gasteiger partial charge in [0.05, 0.1) is 31.0 Å². The number of hydrogen-bond acceptors (Lipinski definition) is 9. The molecular weight excluding hydrogens is 484 g/mol. The van der Waals surface area contributed by atoms with Gasteiger partial charge in [-0.2, -0.15) is 0 Å². The standard InChI is InChI=1S/C28H28N6O4/c1-18(33-27-24-26(30-16-29-24)31-17-32-27)25-23(21-4-2-3-5-22(21)28(35)38-25)19-6-8-20(9-7-19)37-15-12-34-10-13-36-14-11-34/h2-9,16-18H,10-15H2,1H3,(H2,29,30,31,32,33). The Morgan fingerprint density at radius 2 is 1.84 bits per heavy atom. The minimum atomic E-state index is -0.384. The second-order valence-electron chi connectivity index (χ2n) is 9.19. The fourth-order valence-electron chi connectivity index (χ4n) is 4.80. The highest BCUT2D eigenvalue weighted by Gasteiger charge is 2.22. The van der Waals surface area contributed by atoms with Gasteiger partial charge in [0.25, 0.3) is 0 Å². The number of hydrogen-bond donors (Lipinski definition) is 2. The molecule has 3 aromatic heterocycles. The quantitative estimate of drug-likeness (QED) is 0.318. The second kappa shape index (κ2) is 10.6. The molecule has 1 unspecified atom stereocenters. The number of aromatic amines is 1. The Kier molecular flexibility index (Phi) is 6.72. The highest BCUT2D eigenvalue weighted by atomic mass is 16.5. The highest BCUT2D eigenvalue weighted by Crippen LogP contribution is 2.36. The summed E-state index contributed by atoms with van der Waals surface area (Å²) in [6, 6.07) is 15.0. The zero-order valence-electron chi connectivity index (χ0n) is 21.0. The van der Waals surface area contributed by atoms with Crippen molar-refractivity contribution in [1.82, 2.24) is 24.8 Å². The number of imidazole rings is 1. The Labute approximate surface area is 218 Å². The molecular formula is C28H28N6O4. The molecule has 1 aliphatic heterocycles. The van der Waals surface area contributed by atoms with Crippen molar-refractivity contribution in [3.8, 4) is 16.9 Å². The average molecular weight is 513 g/mol. The third kappa shape index (κ3) is 4.83. The Hall–Kier alpha value is -4.28. The molecule has 2 aromatic carbocycles. The van der Waals surface area contributed by atoms with Crippen LogP contribution < -0.4 is 15.7 Å². The molecule has 1 saturated heterocycles. The summed E-state index contributed by atoms with van der Waals surface area (Å²) in [5.41, 5.74) is 2.62. The maximum absolute atomic E-state index is 12.9. The van der Waals surface area contributed by atoms with Gasteiger partial charge in [-0.1, -0.05) is 30.3 Å². The number of ether oxygens (including phenoxy) is 2. The summed E-state index contributed by atoms with van der Waals surface area (Å²) in [4.78, 5) is 31.1. The van der Waals surface area contributed by atoms with Crippen molar-refractivity contribution in [3.63, 3.8) is 0 Å². The number of nitrogens with one attached hydrogen (secondary N) is 2. The van der Waals surface area contributed by atoms with Crippen molar-refractivity contribution in [2.45, 2.75) is 13.0 Å². The summed E-state index contributed by atoms with van der Waals surface area (Å²) in [6.07, 6.45) is 3.02. The third-order valence-corrected chi connectivity index (χ3v) is 6.76. The zero-order valence-corrected chi connectivity index (χ0v) is 21.0. The van der Waals surface area contributed by atoms with E-state index in [2.05, 4.69) is 30.2 Å². The van der Waals surface area contributed by atoms with Crippen LogP contribution in [-0.2, 0) is 4.74 Å². The van der Waals surface area contributed by atoms with E-state index < -0.39 is 0 Å². The summed E-state index contributed by atoms with van der Waals surface area (Å²) in [7, 11) is 0. The molecule has 0 aliphatic carbocycles. The van der Waals surface area contributed by atoms with Gasteiger partial charge in [-0.05, 0) is 30.7 Å². The Morgan fingerprint density at radius 1 is 1.05 bits per heavy atom. The number of rotatable bonds is 8. The van der Waals surface area contributed by atoms with Gasteiger partial charge in [0.15, 0.2) is 11.5 Å². The molecule has 10 nitrogen and oxygen atoms in total. The number of fused-ring (bicyclic) bond motifs is 2. The van der Waals surface area contributed by atoms with E-state index in [0.29, 0.717) is 34.7 Å². The first-order valence-electron chi connectivity index (χ1n) is 12.7. The Morgan fingerprint density at radius 3 is 2.66 bits per heavy atom. The molecule has 0 radical (unpaired) electrons. The van der Waals surface area contributed by atoms with E-state index in [1.54, 1.807) is 12.4 Å². The first-order chi connectivity index (χ1) is 18.7. The molecule has 10 heteroatoms. The van der Waals surface area contributed by atoms with Gasteiger partial charge in [-0.3, -0.25) is 4.90 Å². The van der Waals surface area contributed by atoms with Crippen LogP contribution in [0, 0.1) is 0 Å². The van der Waals surface area contributed by atoms with Gasteiger partial charge in [0.2, 0.25) is 0 Å². The molecule has 6 rings (SSSR count). The molecule has 0 saturated carbocycles. The number of anilines is 1. The van der Waals surface area contributed by atoms with E-state index in [1.165, 1.54) is 6.33 Å². The Bertz CT molecular complexity index is 1610. The smallest absolute Gasteiger partial charge is 0.343 e. The van der Waals surface area contributed by atoms with Crippen molar-refractivity contribution in [2.75, 3.05) is 44.8 Å². The van der Waals surface area contributed by atoms with Crippen molar-refractivity contribution in [2.24, 2.45) is 0 Å². The minimum Gasteiger partial charge on any atom is -0.492 e. The normalized spacial score (nSPS) is 15.1. The summed E-state index contributed by atoms with van der Waals surface area (Å²) < 4.78 is 17.3. The molecule has 0 bridgehead atoms. The number of aromatic nitrogens is 4. The lowest BCUT2D eigenvalue weighted by Gasteiger charge is -2.26. The average Bonchev–Trinajstić information content (AvgIpc) is 3.44. The van der Waals surface area contributed by atoms with E-state index in [1.807, 2.05) is 49.4 Å². The predicted molar refractivity (Wildman–Crippen MR) is 144 cm³/mol. The number of benzene rings is 2. The van der Waals surface area contributed by atoms with Crippen molar-refractivity contribution >= 4 is 27.8 Å². The number of H-pyrrole nitrogens is 1. The van der Waals surface area contributed by atoms with E-state index >= 15 is 0 Å². The molecule has 1 fully saturated rings. The van der Waals surface area contributed by atoms with Gasteiger partial charge in [-0.25, -0.2) is 19.7 Å². The highest BCUT2D eigenvalue weighted by molar-refractivity contribution is 5.97. The van der Waals surface area contributed by atoms with Crippen LogP contribution in [-0.4, -0.2) is 64.3 Å². The Balaban J connectivity index is 1.31. The second-order valence-corrected chi connectivity index (χ2v) is 9.19. The molecule has 1 aliphatic rings. The molecule has 0 spiro atoms. The monoisotopic (exact) mass is 512 g/mol. The van der Waals surface area contributed by atoms with Gasteiger partial charge in [0.1, 0.15) is 30.0 Å². The van der Waals surface area contributed by atoms with E-state index in [9.17, 15) is 4.79 Å². The summed E-state index contributed by atoms with van der Waals surface area (Å²) in [6.45, 7) is 6.82. The summed E-state index contributed by atoms with van der Waals surface area (Å²) in [5, 5.41) is 4.72. The van der Waals surface area contributed by atoms with Crippen molar-refractivity contribution in [1.29, 1.82) is 0 Å². The molecule has 1 atom stereocenters. The van der Waals surface area contributed by atoms with E-state index in [-0.39, 0.29) is 11.7 Å². The number of nitrogens with zero attached hydrogens (tertiary/aromatic N) is 4. The third-order valence-electron chi connectivity index (χ3n) is 6.76. The predicted octanol–water partition coefficient (Wildman–Crippen LogP) is 4.01. The van der Waals surface area contributed by atoms with Gasteiger partial charge >= 0.3 is 5.63 Å². The first kappa shape index (κ1) is 24.1. The van der Waals surface area contributed by atoms with Gasteiger partial charge < -0.3 is 24.2 Å². The number of morpholine rings is 1. The van der Waals surface area contributed by atoms with E-state index in [4.69, 9.17) is 13.9 Å².